The van der Waals surface area contributed by atoms with Gasteiger partial charge in [-0.2, -0.15) is 0 Å². The molecule has 0 unspecified atom stereocenters. The van der Waals surface area contributed by atoms with Gasteiger partial charge in [0.15, 0.2) is 0 Å². The third kappa shape index (κ3) is 5.48. The number of benzene rings is 1. The first-order chi connectivity index (χ1) is 8.96. The zero-order valence-electron chi connectivity index (χ0n) is 11.7. The van der Waals surface area contributed by atoms with E-state index in [-0.39, 0.29) is 6.90 Å². The van der Waals surface area contributed by atoms with Crippen molar-refractivity contribution in [2.75, 3.05) is 0 Å². The minimum absolute atomic E-state index is 0.0368. The molecule has 0 saturated carbocycles. The largest absolute Gasteiger partial charge is 0.444 e. The Labute approximate surface area is 109 Å². The first-order valence-corrected chi connectivity index (χ1v) is 5.75. The van der Waals surface area contributed by atoms with Crippen LogP contribution in [0.25, 0.3) is 0 Å². The Hall–Kier alpha value is -1.84. The Morgan fingerprint density at radius 3 is 2.72 bits per heavy atom. The maximum atomic E-state index is 11.6. The van der Waals surface area contributed by atoms with Crippen LogP contribution in [0.3, 0.4) is 0 Å². The van der Waals surface area contributed by atoms with Crippen LogP contribution in [-0.2, 0) is 16.0 Å². The number of carbonyl (C=O) groups is 2. The molecule has 0 aliphatic rings. The summed E-state index contributed by atoms with van der Waals surface area (Å²) in [5, 5.41) is 2.49. The Morgan fingerprint density at radius 2 is 2.17 bits per heavy atom. The quantitative estimate of drug-likeness (QED) is 0.834. The van der Waals surface area contributed by atoms with Crippen LogP contribution in [0.4, 0.5) is 4.79 Å². The third-order valence-corrected chi connectivity index (χ3v) is 2.13. The lowest BCUT2D eigenvalue weighted by Gasteiger charge is -2.21. The van der Waals surface area contributed by atoms with E-state index < -0.39 is 17.7 Å². The molecule has 1 N–H and O–H groups in total. The molecule has 4 heteroatoms. The summed E-state index contributed by atoms with van der Waals surface area (Å²) in [6.45, 7) is 3.25. The number of hydrogen-bond donors (Lipinski definition) is 1. The topological polar surface area (TPSA) is 55.4 Å². The van der Waals surface area contributed by atoms with E-state index in [9.17, 15) is 9.59 Å². The second kappa shape index (κ2) is 6.19. The van der Waals surface area contributed by atoms with Gasteiger partial charge < -0.3 is 14.8 Å². The van der Waals surface area contributed by atoms with Gasteiger partial charge in [0.1, 0.15) is 11.9 Å². The number of ether oxygens (including phenoxy) is 1. The summed E-state index contributed by atoms with van der Waals surface area (Å²) in [5.41, 5.74) is 0.101. The van der Waals surface area contributed by atoms with Gasteiger partial charge in [-0.15, -0.1) is 0 Å². The van der Waals surface area contributed by atoms with Crippen molar-refractivity contribution in [3.63, 3.8) is 0 Å². The van der Waals surface area contributed by atoms with Gasteiger partial charge in [0.25, 0.3) is 0 Å². The zero-order valence-corrected chi connectivity index (χ0v) is 10.7. The van der Waals surface area contributed by atoms with Gasteiger partial charge in [-0.05, 0) is 32.7 Å². The number of carbonyl (C=O) groups excluding carboxylic acids is 2. The van der Waals surface area contributed by atoms with E-state index in [2.05, 4.69) is 5.32 Å². The molecule has 0 aliphatic heterocycles. The van der Waals surface area contributed by atoms with Gasteiger partial charge in [0.2, 0.25) is 0 Å². The lowest BCUT2D eigenvalue weighted by molar-refractivity contribution is -0.109. The fourth-order valence-electron chi connectivity index (χ4n) is 1.43. The number of hydrogen-bond acceptors (Lipinski definition) is 3. The molecule has 0 fully saturated rings. The van der Waals surface area contributed by atoms with E-state index in [4.69, 9.17) is 6.11 Å². The van der Waals surface area contributed by atoms with E-state index in [1.807, 2.05) is 30.3 Å². The Morgan fingerprint density at radius 1 is 1.50 bits per heavy atom. The minimum atomic E-state index is -0.857. The molecule has 1 atom stereocenters. The molecule has 0 aliphatic carbocycles. The predicted octanol–water partition coefficient (Wildman–Crippen LogP) is 2.32. The average Bonchev–Trinajstić information content (AvgIpc) is 2.38. The molecule has 0 aromatic heterocycles. The van der Waals surface area contributed by atoms with Crippen LogP contribution in [0.2, 0.25) is 0 Å². The molecule has 1 amide bonds. The van der Waals surface area contributed by atoms with Crippen molar-refractivity contribution >= 4 is 12.4 Å². The molecular weight excluding hydrogens is 230 g/mol. The predicted molar refractivity (Wildman–Crippen MR) is 69.4 cm³/mol. The first-order valence-electron chi connectivity index (χ1n) is 6.45. The highest BCUT2D eigenvalue weighted by atomic mass is 16.6. The summed E-state index contributed by atoms with van der Waals surface area (Å²) < 4.78 is 12.3. The molecule has 4 nitrogen and oxygen atoms in total. The van der Waals surface area contributed by atoms with E-state index in [0.717, 1.165) is 5.56 Å². The lowest BCUT2D eigenvalue weighted by Crippen LogP contribution is -2.41. The molecule has 18 heavy (non-hydrogen) atoms. The molecule has 0 radical (unpaired) electrons. The Balaban J connectivity index is 2.53. The van der Waals surface area contributed by atoms with Crippen molar-refractivity contribution < 1.29 is 15.7 Å². The van der Waals surface area contributed by atoms with Crippen molar-refractivity contribution in [2.24, 2.45) is 0 Å². The van der Waals surface area contributed by atoms with E-state index in [1.54, 1.807) is 13.8 Å². The van der Waals surface area contributed by atoms with E-state index >= 15 is 0 Å². The SMILES string of the molecule is [2H]CC(C)(C)OC(=O)N[C@H](C=O)Cc1ccccc1. The van der Waals surface area contributed by atoms with Crippen molar-refractivity contribution in [1.82, 2.24) is 5.32 Å². The molecule has 1 rings (SSSR count). The zero-order chi connectivity index (χ0) is 14.3. The summed E-state index contributed by atoms with van der Waals surface area (Å²) in [5.74, 6) is 0. The number of aldehydes is 1. The van der Waals surface area contributed by atoms with Crippen LogP contribution < -0.4 is 5.32 Å². The first kappa shape index (κ1) is 12.6. The number of rotatable bonds is 4. The van der Waals surface area contributed by atoms with Gasteiger partial charge in [-0.25, -0.2) is 4.79 Å². The number of nitrogens with one attached hydrogen (secondary N) is 1. The molecule has 98 valence electrons. The third-order valence-electron chi connectivity index (χ3n) is 2.13. The van der Waals surface area contributed by atoms with Crippen LogP contribution in [0.5, 0.6) is 0 Å². The van der Waals surface area contributed by atoms with Crippen molar-refractivity contribution in [1.29, 1.82) is 0 Å². The van der Waals surface area contributed by atoms with Crippen LogP contribution in [0, 0.1) is 0 Å². The van der Waals surface area contributed by atoms with Gasteiger partial charge >= 0.3 is 6.09 Å². The van der Waals surface area contributed by atoms with Gasteiger partial charge in [0, 0.05) is 1.37 Å². The summed E-state index contributed by atoms with van der Waals surface area (Å²) in [4.78, 5) is 22.6. The summed E-state index contributed by atoms with van der Waals surface area (Å²) >= 11 is 0. The van der Waals surface area contributed by atoms with Crippen molar-refractivity contribution in [2.45, 2.75) is 38.8 Å². The van der Waals surface area contributed by atoms with E-state index in [1.165, 1.54) is 0 Å². The molecule has 0 heterocycles. The van der Waals surface area contributed by atoms with Crippen molar-refractivity contribution in [3.05, 3.63) is 35.9 Å². The standard InChI is InChI=1S/C14H19NO3/c1-14(2,3)18-13(17)15-12(10-16)9-11-7-5-4-6-8-11/h4-8,10,12H,9H2,1-3H3,(H,15,17)/t12-/m0/s1/i1D. The molecule has 0 bridgehead atoms. The van der Waals surface area contributed by atoms with Gasteiger partial charge in [-0.1, -0.05) is 30.3 Å². The fraction of sp³-hybridized carbons (Fsp3) is 0.429. The van der Waals surface area contributed by atoms with Crippen molar-refractivity contribution in [3.8, 4) is 0 Å². The van der Waals surface area contributed by atoms with Crippen LogP contribution >= 0.6 is 0 Å². The Kier molecular flexibility index (Phi) is 4.34. The summed E-state index contributed by atoms with van der Waals surface area (Å²) in [6, 6.07) is 8.78. The molecule has 1 aromatic rings. The second-order valence-corrected chi connectivity index (χ2v) is 4.73. The number of alkyl carbamates (subject to hydrolysis) is 1. The maximum Gasteiger partial charge on any atom is 0.408 e. The smallest absolute Gasteiger partial charge is 0.408 e. The minimum Gasteiger partial charge on any atom is -0.444 e. The monoisotopic (exact) mass is 250 g/mol. The second-order valence-electron chi connectivity index (χ2n) is 4.73. The maximum absolute atomic E-state index is 11.6. The summed E-state index contributed by atoms with van der Waals surface area (Å²) in [6.07, 6.45) is 0.424. The lowest BCUT2D eigenvalue weighted by atomic mass is 10.1. The highest BCUT2D eigenvalue weighted by Gasteiger charge is 2.19. The van der Waals surface area contributed by atoms with E-state index in [0.29, 0.717) is 12.7 Å². The molecule has 0 spiro atoms. The van der Waals surface area contributed by atoms with Crippen LogP contribution in [-0.4, -0.2) is 24.0 Å². The molecular formula is C14H19NO3. The van der Waals surface area contributed by atoms with Crippen LogP contribution in [0.1, 0.15) is 27.7 Å². The molecule has 1 aromatic carbocycles. The number of amides is 1. The average molecular weight is 250 g/mol. The highest BCUT2D eigenvalue weighted by Crippen LogP contribution is 2.07. The fourth-order valence-corrected chi connectivity index (χ4v) is 1.43. The Bertz CT molecular complexity index is 420. The van der Waals surface area contributed by atoms with Gasteiger partial charge in [-0.3, -0.25) is 0 Å². The normalized spacial score (nSPS) is 13.3. The van der Waals surface area contributed by atoms with Crippen LogP contribution in [0.15, 0.2) is 30.3 Å². The molecule has 0 saturated heterocycles. The summed E-state index contributed by atoms with van der Waals surface area (Å²) in [7, 11) is 0. The van der Waals surface area contributed by atoms with Gasteiger partial charge in [0.05, 0.1) is 6.04 Å². The highest BCUT2D eigenvalue weighted by molar-refractivity contribution is 5.73.